The van der Waals surface area contributed by atoms with Crippen LogP contribution in [0.5, 0.6) is 5.75 Å². The number of aliphatic imine (C=N–C) groups is 1. The number of nitrogens with one attached hydrogen (secondary N) is 2. The zero-order chi connectivity index (χ0) is 19.1. The molecule has 1 aliphatic rings. The first-order valence-corrected chi connectivity index (χ1v) is 10.6. The van der Waals surface area contributed by atoms with Gasteiger partial charge in [0.2, 0.25) is 0 Å². The summed E-state index contributed by atoms with van der Waals surface area (Å²) in [5.74, 6) is 2.54. The topological polar surface area (TPSA) is 58.5 Å². The second-order valence-corrected chi connectivity index (χ2v) is 8.27. The Kier molecular flexibility index (Phi) is 7.10. The fourth-order valence-electron chi connectivity index (χ4n) is 2.71. The van der Waals surface area contributed by atoms with Crippen molar-refractivity contribution in [1.29, 1.82) is 0 Å². The SMILES string of the molecule is CCNC(=NCc1ccccc1OCC1CC1)NCCc1nc(C)c(C)s1. The standard InChI is InChI=1S/C21H30N4OS/c1-4-22-21(23-12-11-20-25-15(2)16(3)27-20)24-13-18-7-5-6-8-19(18)26-14-17-9-10-17/h5-8,17H,4,9-14H2,1-3H3,(H2,22,23,24). The maximum absolute atomic E-state index is 5.99. The van der Waals surface area contributed by atoms with Gasteiger partial charge in [-0.2, -0.15) is 0 Å². The third-order valence-electron chi connectivity index (χ3n) is 4.60. The summed E-state index contributed by atoms with van der Waals surface area (Å²) < 4.78 is 5.99. The van der Waals surface area contributed by atoms with Gasteiger partial charge in [0.25, 0.3) is 0 Å². The molecule has 0 bridgehead atoms. The number of guanidine groups is 1. The summed E-state index contributed by atoms with van der Waals surface area (Å²) >= 11 is 1.78. The van der Waals surface area contributed by atoms with Gasteiger partial charge in [-0.15, -0.1) is 11.3 Å². The van der Waals surface area contributed by atoms with E-state index in [1.165, 1.54) is 22.7 Å². The third kappa shape index (κ3) is 6.24. The lowest BCUT2D eigenvalue weighted by Crippen LogP contribution is -2.38. The van der Waals surface area contributed by atoms with Crippen molar-refractivity contribution in [3.8, 4) is 5.75 Å². The minimum atomic E-state index is 0.603. The summed E-state index contributed by atoms with van der Waals surface area (Å²) in [4.78, 5) is 10.6. The van der Waals surface area contributed by atoms with Crippen LogP contribution in [0, 0.1) is 19.8 Å². The van der Waals surface area contributed by atoms with Crippen LogP contribution in [0.15, 0.2) is 29.3 Å². The van der Waals surface area contributed by atoms with Crippen LogP contribution in [0.25, 0.3) is 0 Å². The van der Waals surface area contributed by atoms with Crippen molar-refractivity contribution in [2.45, 2.75) is 46.6 Å². The van der Waals surface area contributed by atoms with E-state index in [1.807, 2.05) is 18.2 Å². The normalized spacial score (nSPS) is 14.3. The number of hydrogen-bond donors (Lipinski definition) is 2. The van der Waals surface area contributed by atoms with E-state index in [0.29, 0.717) is 6.54 Å². The van der Waals surface area contributed by atoms with Crippen molar-refractivity contribution in [1.82, 2.24) is 15.6 Å². The molecule has 1 heterocycles. The lowest BCUT2D eigenvalue weighted by molar-refractivity contribution is 0.297. The van der Waals surface area contributed by atoms with Gasteiger partial charge in [0, 0.05) is 30.0 Å². The lowest BCUT2D eigenvalue weighted by Gasteiger charge is -2.12. The largest absolute Gasteiger partial charge is 0.493 e. The average Bonchev–Trinajstić information content (AvgIpc) is 3.43. The Morgan fingerprint density at radius 1 is 1.26 bits per heavy atom. The highest BCUT2D eigenvalue weighted by molar-refractivity contribution is 7.11. The van der Waals surface area contributed by atoms with Crippen LogP contribution in [-0.2, 0) is 13.0 Å². The number of hydrogen-bond acceptors (Lipinski definition) is 4. The first-order valence-electron chi connectivity index (χ1n) is 9.81. The van der Waals surface area contributed by atoms with Crippen molar-refractivity contribution in [3.63, 3.8) is 0 Å². The number of aryl methyl sites for hydroxylation is 2. The fourth-order valence-corrected chi connectivity index (χ4v) is 3.64. The molecule has 5 nitrogen and oxygen atoms in total. The Hall–Kier alpha value is -2.08. The first kappa shape index (κ1) is 19.7. The molecule has 1 aliphatic carbocycles. The van der Waals surface area contributed by atoms with Crippen LogP contribution in [0.3, 0.4) is 0 Å². The number of aromatic nitrogens is 1. The van der Waals surface area contributed by atoms with Crippen molar-refractivity contribution >= 4 is 17.3 Å². The molecule has 1 fully saturated rings. The van der Waals surface area contributed by atoms with E-state index in [2.05, 4.69) is 42.5 Å². The van der Waals surface area contributed by atoms with Crippen LogP contribution in [0.2, 0.25) is 0 Å². The lowest BCUT2D eigenvalue weighted by atomic mass is 10.2. The van der Waals surface area contributed by atoms with Crippen LogP contribution in [-0.4, -0.2) is 30.6 Å². The zero-order valence-corrected chi connectivity index (χ0v) is 17.4. The molecule has 0 saturated heterocycles. The molecule has 3 rings (SSSR count). The van der Waals surface area contributed by atoms with Crippen LogP contribution in [0.1, 0.15) is 40.9 Å². The molecule has 27 heavy (non-hydrogen) atoms. The summed E-state index contributed by atoms with van der Waals surface area (Å²) in [6, 6.07) is 8.20. The van der Waals surface area contributed by atoms with Crippen LogP contribution < -0.4 is 15.4 Å². The Morgan fingerprint density at radius 3 is 2.78 bits per heavy atom. The van der Waals surface area contributed by atoms with Crippen molar-refractivity contribution in [3.05, 3.63) is 45.4 Å². The van der Waals surface area contributed by atoms with Gasteiger partial charge in [-0.1, -0.05) is 18.2 Å². The van der Waals surface area contributed by atoms with Gasteiger partial charge in [-0.25, -0.2) is 9.98 Å². The molecule has 0 amide bonds. The van der Waals surface area contributed by atoms with Crippen LogP contribution >= 0.6 is 11.3 Å². The van der Waals surface area contributed by atoms with E-state index in [9.17, 15) is 0 Å². The highest BCUT2D eigenvalue weighted by atomic mass is 32.1. The number of nitrogens with zero attached hydrogens (tertiary/aromatic N) is 2. The van der Waals surface area contributed by atoms with Gasteiger partial charge in [-0.05, 0) is 45.6 Å². The Bertz CT molecular complexity index is 748. The number of ether oxygens (including phenoxy) is 1. The summed E-state index contributed by atoms with van der Waals surface area (Å²) in [6.07, 6.45) is 3.50. The van der Waals surface area contributed by atoms with Gasteiger partial charge in [0.1, 0.15) is 5.75 Å². The molecular formula is C21H30N4OS. The van der Waals surface area contributed by atoms with Gasteiger partial charge in [0.15, 0.2) is 5.96 Å². The van der Waals surface area contributed by atoms with Crippen molar-refractivity contribution in [2.75, 3.05) is 19.7 Å². The molecule has 2 aromatic rings. The molecule has 0 spiro atoms. The van der Waals surface area contributed by atoms with E-state index in [0.717, 1.165) is 55.0 Å². The van der Waals surface area contributed by atoms with E-state index in [-0.39, 0.29) is 0 Å². The van der Waals surface area contributed by atoms with Gasteiger partial charge >= 0.3 is 0 Å². The van der Waals surface area contributed by atoms with E-state index in [1.54, 1.807) is 11.3 Å². The minimum absolute atomic E-state index is 0.603. The molecule has 0 atom stereocenters. The van der Waals surface area contributed by atoms with Crippen LogP contribution in [0.4, 0.5) is 0 Å². The molecule has 2 N–H and O–H groups in total. The molecule has 146 valence electrons. The highest BCUT2D eigenvalue weighted by Crippen LogP contribution is 2.30. The molecule has 0 radical (unpaired) electrons. The summed E-state index contributed by atoms with van der Waals surface area (Å²) in [5.41, 5.74) is 2.26. The molecule has 1 saturated carbocycles. The van der Waals surface area contributed by atoms with Gasteiger partial charge < -0.3 is 15.4 Å². The Labute approximate surface area is 166 Å². The number of rotatable bonds is 9. The quantitative estimate of drug-likeness (QED) is 0.508. The third-order valence-corrected chi connectivity index (χ3v) is 5.73. The summed E-state index contributed by atoms with van der Waals surface area (Å²) in [5, 5.41) is 7.90. The predicted octanol–water partition coefficient (Wildman–Crippen LogP) is 3.85. The van der Waals surface area contributed by atoms with Gasteiger partial charge in [-0.3, -0.25) is 0 Å². The maximum atomic E-state index is 5.99. The molecule has 6 heteroatoms. The molecule has 1 aromatic heterocycles. The smallest absolute Gasteiger partial charge is 0.191 e. The van der Waals surface area contributed by atoms with Gasteiger partial charge in [0.05, 0.1) is 23.9 Å². The second-order valence-electron chi connectivity index (χ2n) is 6.98. The highest BCUT2D eigenvalue weighted by Gasteiger charge is 2.22. The number of para-hydroxylation sites is 1. The number of thiazole rings is 1. The van der Waals surface area contributed by atoms with E-state index < -0.39 is 0 Å². The minimum Gasteiger partial charge on any atom is -0.493 e. The Morgan fingerprint density at radius 2 is 2.07 bits per heavy atom. The number of benzene rings is 1. The molecular weight excluding hydrogens is 356 g/mol. The van der Waals surface area contributed by atoms with E-state index in [4.69, 9.17) is 9.73 Å². The molecule has 0 aliphatic heterocycles. The predicted molar refractivity (Wildman–Crippen MR) is 113 cm³/mol. The van der Waals surface area contributed by atoms with E-state index >= 15 is 0 Å². The monoisotopic (exact) mass is 386 g/mol. The maximum Gasteiger partial charge on any atom is 0.191 e. The molecule has 0 unspecified atom stereocenters. The fraction of sp³-hybridized carbons (Fsp3) is 0.524. The first-order chi connectivity index (χ1) is 13.2. The van der Waals surface area contributed by atoms with Crippen molar-refractivity contribution < 1.29 is 4.74 Å². The van der Waals surface area contributed by atoms with Crippen molar-refractivity contribution in [2.24, 2.45) is 10.9 Å². The summed E-state index contributed by atoms with van der Waals surface area (Å²) in [6.45, 7) is 9.35. The second kappa shape index (κ2) is 9.74. The molecule has 1 aromatic carbocycles. The zero-order valence-electron chi connectivity index (χ0n) is 16.5. The average molecular weight is 387 g/mol. The Balaban J connectivity index is 1.54. The summed E-state index contributed by atoms with van der Waals surface area (Å²) in [7, 11) is 0.